The molecule has 0 aliphatic rings. The molecule has 0 aliphatic heterocycles. The van der Waals surface area contributed by atoms with Crippen LogP contribution in [-0.4, -0.2) is 15.9 Å². The second-order valence-corrected chi connectivity index (χ2v) is 5.02. The first kappa shape index (κ1) is 16.2. The molecule has 0 spiro atoms. The smallest absolute Gasteiger partial charge is 0.305 e. The van der Waals surface area contributed by atoms with Crippen LogP contribution in [0.1, 0.15) is 16.1 Å². The van der Waals surface area contributed by atoms with Crippen LogP contribution >= 0.6 is 0 Å². The van der Waals surface area contributed by atoms with E-state index in [0.717, 1.165) is 5.56 Å². The summed E-state index contributed by atoms with van der Waals surface area (Å²) in [4.78, 5) is 19.8. The number of rotatable bonds is 6. The third-order valence-electron chi connectivity index (χ3n) is 3.30. The van der Waals surface area contributed by atoms with Gasteiger partial charge in [-0.1, -0.05) is 12.1 Å². The highest BCUT2D eigenvalue weighted by atomic mass is 19.1. The Morgan fingerprint density at radius 2 is 1.92 bits per heavy atom. The molecular formula is C16H15FN6O2. The van der Waals surface area contributed by atoms with Gasteiger partial charge in [-0.05, 0) is 29.8 Å². The monoisotopic (exact) mass is 342 g/mol. The van der Waals surface area contributed by atoms with Gasteiger partial charge in [-0.3, -0.25) is 15.6 Å². The van der Waals surface area contributed by atoms with Gasteiger partial charge in [0.1, 0.15) is 17.8 Å². The summed E-state index contributed by atoms with van der Waals surface area (Å²) < 4.78 is 17.9. The van der Waals surface area contributed by atoms with E-state index < -0.39 is 5.91 Å². The van der Waals surface area contributed by atoms with Crippen LogP contribution in [0.5, 0.6) is 0 Å². The van der Waals surface area contributed by atoms with Crippen molar-refractivity contribution in [3.8, 4) is 0 Å². The molecule has 1 amide bonds. The average molecular weight is 342 g/mol. The molecule has 0 atom stereocenters. The first-order chi connectivity index (χ1) is 12.1. The molecule has 128 valence electrons. The lowest BCUT2D eigenvalue weighted by atomic mass is 10.2. The molecule has 2 heterocycles. The van der Waals surface area contributed by atoms with Crippen LogP contribution in [-0.2, 0) is 6.54 Å². The molecule has 0 radical (unpaired) electrons. The van der Waals surface area contributed by atoms with E-state index in [9.17, 15) is 9.18 Å². The van der Waals surface area contributed by atoms with E-state index in [1.807, 2.05) is 0 Å². The van der Waals surface area contributed by atoms with E-state index in [4.69, 9.17) is 10.2 Å². The van der Waals surface area contributed by atoms with Crippen molar-refractivity contribution in [2.24, 2.45) is 0 Å². The van der Waals surface area contributed by atoms with E-state index in [1.54, 1.807) is 18.2 Å². The molecule has 0 unspecified atom stereocenters. The molecule has 8 nitrogen and oxygen atoms in total. The fraction of sp³-hybridized carbons (Fsp3) is 0.0625. The molecule has 0 aliphatic carbocycles. The topological polar surface area (TPSA) is 118 Å². The van der Waals surface area contributed by atoms with E-state index in [0.29, 0.717) is 12.4 Å². The summed E-state index contributed by atoms with van der Waals surface area (Å²) in [5.41, 5.74) is 12.1. The summed E-state index contributed by atoms with van der Waals surface area (Å²) >= 11 is 0. The van der Waals surface area contributed by atoms with Gasteiger partial charge in [0.15, 0.2) is 17.4 Å². The molecule has 0 saturated carbocycles. The molecule has 0 saturated heterocycles. The lowest BCUT2D eigenvalue weighted by molar-refractivity contribution is 0.0935. The normalized spacial score (nSPS) is 10.3. The number of aromatic nitrogens is 2. The van der Waals surface area contributed by atoms with E-state index in [-0.39, 0.29) is 23.1 Å². The number of furan rings is 1. The highest BCUT2D eigenvalue weighted by Crippen LogP contribution is 2.22. The van der Waals surface area contributed by atoms with Crippen LogP contribution in [0.25, 0.3) is 0 Å². The van der Waals surface area contributed by atoms with Gasteiger partial charge in [-0.15, -0.1) is 0 Å². The maximum absolute atomic E-state index is 12.9. The number of nitrogens with two attached hydrogens (primary N) is 1. The van der Waals surface area contributed by atoms with Crippen LogP contribution < -0.4 is 21.9 Å². The number of carbonyl (C=O) groups excluding carboxylic acids is 1. The number of hydrogen-bond acceptors (Lipinski definition) is 7. The van der Waals surface area contributed by atoms with Gasteiger partial charge in [0, 0.05) is 6.54 Å². The quantitative estimate of drug-likeness (QED) is 0.507. The average Bonchev–Trinajstić information content (AvgIpc) is 3.16. The van der Waals surface area contributed by atoms with Crippen LogP contribution in [0.15, 0.2) is 53.4 Å². The second-order valence-electron chi connectivity index (χ2n) is 5.02. The third kappa shape index (κ3) is 4.02. The molecule has 2 aromatic heterocycles. The Morgan fingerprint density at radius 3 is 2.64 bits per heavy atom. The fourth-order valence-corrected chi connectivity index (χ4v) is 2.01. The van der Waals surface area contributed by atoms with E-state index in [1.165, 1.54) is 30.8 Å². The number of anilines is 3. The largest absolute Gasteiger partial charge is 0.459 e. The number of amides is 1. The molecule has 0 bridgehead atoms. The van der Waals surface area contributed by atoms with Gasteiger partial charge in [0.25, 0.3) is 0 Å². The van der Waals surface area contributed by atoms with Crippen molar-refractivity contribution in [3.05, 3.63) is 66.1 Å². The Labute approximate surface area is 142 Å². The number of carbonyl (C=O) groups is 1. The standard InChI is InChI=1S/C16H15FN6O2/c17-11-5-3-10(4-6-11)8-19-14-13(18)15(21-9-20-14)22-23-16(24)12-2-1-7-25-12/h1-7,9H,8,18H2,(H,23,24)(H2,19,20,21,22). The van der Waals surface area contributed by atoms with Crippen molar-refractivity contribution in [2.45, 2.75) is 6.54 Å². The maximum atomic E-state index is 12.9. The first-order valence-corrected chi connectivity index (χ1v) is 7.32. The molecule has 1 aromatic carbocycles. The second kappa shape index (κ2) is 7.30. The molecule has 3 rings (SSSR count). The van der Waals surface area contributed by atoms with Gasteiger partial charge in [0.2, 0.25) is 0 Å². The van der Waals surface area contributed by atoms with Gasteiger partial charge >= 0.3 is 5.91 Å². The first-order valence-electron chi connectivity index (χ1n) is 7.32. The Morgan fingerprint density at radius 1 is 1.16 bits per heavy atom. The summed E-state index contributed by atoms with van der Waals surface area (Å²) in [7, 11) is 0. The number of halogens is 1. The van der Waals surface area contributed by atoms with Crippen molar-refractivity contribution in [3.63, 3.8) is 0 Å². The summed E-state index contributed by atoms with van der Waals surface area (Å²) in [6.07, 6.45) is 2.69. The van der Waals surface area contributed by atoms with E-state index >= 15 is 0 Å². The number of nitrogens with zero attached hydrogens (tertiary/aromatic N) is 2. The Hall–Kier alpha value is -3.62. The number of nitrogen functional groups attached to an aromatic ring is 1. The predicted octanol–water partition coefficient (Wildman–Crippen LogP) is 2.16. The summed E-state index contributed by atoms with van der Waals surface area (Å²) in [5, 5.41) is 3.03. The van der Waals surface area contributed by atoms with Crippen LogP contribution in [0.2, 0.25) is 0 Å². The number of nitrogens with one attached hydrogen (secondary N) is 3. The molecule has 9 heteroatoms. The zero-order valence-electron chi connectivity index (χ0n) is 13.0. The maximum Gasteiger partial charge on any atom is 0.305 e. The predicted molar refractivity (Wildman–Crippen MR) is 90.0 cm³/mol. The number of hydrazine groups is 1. The molecule has 3 aromatic rings. The van der Waals surface area contributed by atoms with Crippen molar-refractivity contribution < 1.29 is 13.6 Å². The van der Waals surface area contributed by atoms with Gasteiger partial charge < -0.3 is 15.5 Å². The highest BCUT2D eigenvalue weighted by molar-refractivity contribution is 5.92. The van der Waals surface area contributed by atoms with Crippen molar-refractivity contribution in [2.75, 3.05) is 16.5 Å². The van der Waals surface area contributed by atoms with Crippen LogP contribution in [0.4, 0.5) is 21.7 Å². The summed E-state index contributed by atoms with van der Waals surface area (Å²) in [6.45, 7) is 0.402. The molecular weight excluding hydrogens is 327 g/mol. The minimum Gasteiger partial charge on any atom is -0.459 e. The Kier molecular flexibility index (Phi) is 4.74. The molecule has 25 heavy (non-hydrogen) atoms. The van der Waals surface area contributed by atoms with E-state index in [2.05, 4.69) is 26.1 Å². The zero-order valence-corrected chi connectivity index (χ0v) is 13.0. The summed E-state index contributed by atoms with van der Waals surface area (Å²) in [6, 6.07) is 9.18. The van der Waals surface area contributed by atoms with Crippen molar-refractivity contribution >= 4 is 23.2 Å². The fourth-order valence-electron chi connectivity index (χ4n) is 2.01. The van der Waals surface area contributed by atoms with Crippen LogP contribution in [0.3, 0.4) is 0 Å². The van der Waals surface area contributed by atoms with Crippen LogP contribution in [0, 0.1) is 5.82 Å². The third-order valence-corrected chi connectivity index (χ3v) is 3.30. The lowest BCUT2D eigenvalue weighted by Crippen LogP contribution is -2.30. The highest BCUT2D eigenvalue weighted by Gasteiger charge is 2.11. The minimum absolute atomic E-state index is 0.148. The summed E-state index contributed by atoms with van der Waals surface area (Å²) in [5.74, 6) is -0.00621. The van der Waals surface area contributed by atoms with Gasteiger partial charge in [0.05, 0.1) is 6.26 Å². The molecule has 5 N–H and O–H groups in total. The SMILES string of the molecule is Nc1c(NCc2ccc(F)cc2)ncnc1NNC(=O)c1ccco1. The van der Waals surface area contributed by atoms with Crippen molar-refractivity contribution in [1.29, 1.82) is 0 Å². The van der Waals surface area contributed by atoms with Crippen molar-refractivity contribution in [1.82, 2.24) is 15.4 Å². The zero-order chi connectivity index (χ0) is 17.6. The Bertz CT molecular complexity index is 852. The molecule has 0 fully saturated rings. The number of benzene rings is 1. The van der Waals surface area contributed by atoms with Gasteiger partial charge in [-0.2, -0.15) is 0 Å². The van der Waals surface area contributed by atoms with Gasteiger partial charge in [-0.25, -0.2) is 14.4 Å². The Balaban J connectivity index is 1.63. The lowest BCUT2D eigenvalue weighted by Gasteiger charge is -2.12. The number of hydrogen-bond donors (Lipinski definition) is 4. The minimum atomic E-state index is -0.469.